The first kappa shape index (κ1) is 25.2. The van der Waals surface area contributed by atoms with Gasteiger partial charge in [0.15, 0.2) is 11.0 Å². The summed E-state index contributed by atoms with van der Waals surface area (Å²) in [5.41, 5.74) is 0.422. The maximum Gasteiger partial charge on any atom is 0.233 e. The molecule has 1 saturated heterocycles. The van der Waals surface area contributed by atoms with E-state index in [1.807, 2.05) is 39.8 Å². The van der Waals surface area contributed by atoms with E-state index in [9.17, 15) is 9.18 Å². The summed E-state index contributed by atoms with van der Waals surface area (Å²) in [6.45, 7) is 9.35. The topological polar surface area (TPSA) is 63.5 Å². The Bertz CT molecular complexity index is 1100. The molecule has 0 unspecified atom stereocenters. The van der Waals surface area contributed by atoms with Crippen molar-refractivity contribution in [3.63, 3.8) is 0 Å². The second-order valence-corrected chi connectivity index (χ2v) is 9.91. The molecule has 1 aliphatic heterocycles. The zero-order valence-electron chi connectivity index (χ0n) is 20.3. The molecule has 7 nitrogen and oxygen atoms in total. The van der Waals surface area contributed by atoms with Crippen molar-refractivity contribution in [2.45, 2.75) is 25.5 Å². The summed E-state index contributed by atoms with van der Waals surface area (Å²) in [6, 6.07) is 16.4. The van der Waals surface area contributed by atoms with Crippen LogP contribution in [0.25, 0.3) is 11.4 Å². The van der Waals surface area contributed by atoms with E-state index in [1.54, 1.807) is 18.2 Å². The van der Waals surface area contributed by atoms with E-state index >= 15 is 0 Å². The molecule has 9 heteroatoms. The summed E-state index contributed by atoms with van der Waals surface area (Å²) in [4.78, 5) is 17.1. The Morgan fingerprint density at radius 1 is 1.03 bits per heavy atom. The maximum atomic E-state index is 14.4. The fourth-order valence-corrected chi connectivity index (χ4v) is 4.87. The van der Waals surface area contributed by atoms with Gasteiger partial charge in [-0.05, 0) is 30.2 Å². The number of halogens is 1. The molecule has 0 aliphatic carbocycles. The molecular weight excluding hydrogens is 465 g/mol. The number of rotatable bonds is 10. The minimum atomic E-state index is -0.329. The van der Waals surface area contributed by atoms with Gasteiger partial charge in [0, 0.05) is 39.3 Å². The first-order valence-corrected chi connectivity index (χ1v) is 13.0. The molecule has 186 valence electrons. The quantitative estimate of drug-likeness (QED) is 0.394. The third kappa shape index (κ3) is 6.82. The summed E-state index contributed by atoms with van der Waals surface area (Å²) < 4.78 is 22.1. The van der Waals surface area contributed by atoms with Crippen molar-refractivity contribution in [2.24, 2.45) is 5.92 Å². The molecule has 0 N–H and O–H groups in total. The van der Waals surface area contributed by atoms with Gasteiger partial charge in [-0.25, -0.2) is 4.39 Å². The Balaban J connectivity index is 1.28. The van der Waals surface area contributed by atoms with Crippen molar-refractivity contribution in [3.05, 3.63) is 60.4 Å². The molecule has 2 aromatic carbocycles. The zero-order valence-corrected chi connectivity index (χ0v) is 21.1. The number of para-hydroxylation sites is 1. The summed E-state index contributed by atoms with van der Waals surface area (Å²) in [7, 11) is 0. The molecular formula is C26H32FN5O2S. The van der Waals surface area contributed by atoms with Crippen LogP contribution in [0.2, 0.25) is 0 Å². The lowest BCUT2D eigenvalue weighted by Gasteiger charge is -2.34. The van der Waals surface area contributed by atoms with Crippen molar-refractivity contribution in [2.75, 3.05) is 45.1 Å². The zero-order chi connectivity index (χ0) is 24.6. The molecule has 1 aromatic heterocycles. The maximum absolute atomic E-state index is 14.4. The summed E-state index contributed by atoms with van der Waals surface area (Å²) in [5, 5.41) is 9.19. The molecule has 0 radical (unpaired) electrons. The van der Waals surface area contributed by atoms with Crippen molar-refractivity contribution in [3.8, 4) is 17.1 Å². The Hall–Kier alpha value is -2.91. The molecule has 1 fully saturated rings. The Morgan fingerprint density at radius 2 is 1.74 bits per heavy atom. The fraction of sp³-hybridized carbons (Fsp3) is 0.423. The highest BCUT2D eigenvalue weighted by molar-refractivity contribution is 7.99. The van der Waals surface area contributed by atoms with E-state index in [2.05, 4.69) is 28.9 Å². The summed E-state index contributed by atoms with van der Waals surface area (Å²) in [6.07, 6.45) is 0. The molecule has 4 rings (SSSR count). The number of amides is 1. The van der Waals surface area contributed by atoms with E-state index in [0.717, 1.165) is 25.4 Å². The monoisotopic (exact) mass is 497 g/mol. The van der Waals surface area contributed by atoms with Gasteiger partial charge in [-0.2, -0.15) is 0 Å². The minimum Gasteiger partial charge on any atom is -0.492 e. The Labute approximate surface area is 210 Å². The molecule has 1 aliphatic rings. The van der Waals surface area contributed by atoms with Crippen LogP contribution in [0.3, 0.4) is 0 Å². The average Bonchev–Trinajstić information content (AvgIpc) is 3.25. The van der Waals surface area contributed by atoms with E-state index in [-0.39, 0.29) is 17.5 Å². The smallest absolute Gasteiger partial charge is 0.233 e. The van der Waals surface area contributed by atoms with Gasteiger partial charge >= 0.3 is 0 Å². The van der Waals surface area contributed by atoms with Gasteiger partial charge in [0.2, 0.25) is 5.91 Å². The lowest BCUT2D eigenvalue weighted by Crippen LogP contribution is -2.50. The number of hydrogen-bond donors (Lipinski definition) is 0. The van der Waals surface area contributed by atoms with Crippen LogP contribution < -0.4 is 4.74 Å². The third-order valence-corrected chi connectivity index (χ3v) is 6.80. The summed E-state index contributed by atoms with van der Waals surface area (Å²) in [5.74, 6) is 1.74. The van der Waals surface area contributed by atoms with E-state index in [4.69, 9.17) is 4.74 Å². The molecule has 0 spiro atoms. The van der Waals surface area contributed by atoms with Crippen LogP contribution in [0.4, 0.5) is 4.39 Å². The van der Waals surface area contributed by atoms with Crippen LogP contribution >= 0.6 is 11.8 Å². The van der Waals surface area contributed by atoms with Crippen LogP contribution in [0.15, 0.2) is 59.8 Å². The van der Waals surface area contributed by atoms with Crippen LogP contribution in [-0.4, -0.2) is 75.6 Å². The fourth-order valence-electron chi connectivity index (χ4n) is 4.01. The van der Waals surface area contributed by atoms with E-state index in [0.29, 0.717) is 48.7 Å². The second kappa shape index (κ2) is 12.2. The lowest BCUT2D eigenvalue weighted by molar-refractivity contribution is -0.130. The Morgan fingerprint density at radius 3 is 2.46 bits per heavy atom. The summed E-state index contributed by atoms with van der Waals surface area (Å²) >= 11 is 1.37. The van der Waals surface area contributed by atoms with Crippen molar-refractivity contribution in [1.29, 1.82) is 0 Å². The van der Waals surface area contributed by atoms with Gasteiger partial charge in [0.25, 0.3) is 0 Å². The number of benzene rings is 2. The van der Waals surface area contributed by atoms with Crippen LogP contribution in [0.5, 0.6) is 5.75 Å². The largest absolute Gasteiger partial charge is 0.492 e. The number of carbonyl (C=O) groups is 1. The normalized spacial score (nSPS) is 14.5. The second-order valence-electron chi connectivity index (χ2n) is 8.96. The van der Waals surface area contributed by atoms with Gasteiger partial charge < -0.3 is 14.2 Å². The molecule has 35 heavy (non-hydrogen) atoms. The molecule has 3 aromatic rings. The first-order chi connectivity index (χ1) is 17.0. The Kier molecular flexibility index (Phi) is 8.76. The third-order valence-electron chi connectivity index (χ3n) is 5.85. The predicted molar refractivity (Wildman–Crippen MR) is 136 cm³/mol. The van der Waals surface area contributed by atoms with Crippen LogP contribution in [0.1, 0.15) is 13.8 Å². The van der Waals surface area contributed by atoms with Gasteiger partial charge in [-0.1, -0.05) is 55.9 Å². The van der Waals surface area contributed by atoms with E-state index < -0.39 is 0 Å². The molecule has 0 bridgehead atoms. The average molecular weight is 498 g/mol. The molecule has 0 saturated carbocycles. The van der Waals surface area contributed by atoms with Crippen LogP contribution in [-0.2, 0) is 11.3 Å². The highest BCUT2D eigenvalue weighted by atomic mass is 32.2. The van der Waals surface area contributed by atoms with Crippen molar-refractivity contribution in [1.82, 2.24) is 24.6 Å². The number of ether oxygens (including phenoxy) is 1. The molecule has 0 atom stereocenters. The van der Waals surface area contributed by atoms with Crippen molar-refractivity contribution >= 4 is 17.7 Å². The predicted octanol–water partition coefficient (Wildman–Crippen LogP) is 4.06. The van der Waals surface area contributed by atoms with E-state index in [1.165, 1.54) is 17.8 Å². The molecule has 2 heterocycles. The number of carbonyl (C=O) groups excluding carboxylic acids is 1. The number of hydrogen-bond acceptors (Lipinski definition) is 6. The van der Waals surface area contributed by atoms with Gasteiger partial charge in [0.1, 0.15) is 18.2 Å². The van der Waals surface area contributed by atoms with Gasteiger partial charge in [-0.3, -0.25) is 9.69 Å². The standard InChI is InChI=1S/C26H32FN5O2S/c1-20(2)18-32-25(22-10-6-7-11-23(22)27)28-29-26(32)35-19-24(33)31-14-12-30(13-15-31)16-17-34-21-8-4-3-5-9-21/h3-11,20H,12-19H2,1-2H3. The number of aromatic nitrogens is 3. The SMILES string of the molecule is CC(C)Cn1c(SCC(=O)N2CCN(CCOc3ccccc3)CC2)nnc1-c1ccccc1F. The lowest BCUT2D eigenvalue weighted by atomic mass is 10.2. The van der Waals surface area contributed by atoms with Crippen molar-refractivity contribution < 1.29 is 13.9 Å². The minimum absolute atomic E-state index is 0.0849. The number of thioether (sulfide) groups is 1. The van der Waals surface area contributed by atoms with Gasteiger partial charge in [-0.15, -0.1) is 10.2 Å². The number of nitrogens with zero attached hydrogens (tertiary/aromatic N) is 5. The first-order valence-electron chi connectivity index (χ1n) is 12.0. The van der Waals surface area contributed by atoms with Crippen LogP contribution in [0, 0.1) is 11.7 Å². The highest BCUT2D eigenvalue weighted by Crippen LogP contribution is 2.27. The van der Waals surface area contributed by atoms with Gasteiger partial charge in [0.05, 0.1) is 11.3 Å². The number of piperazine rings is 1. The molecule has 1 amide bonds. The highest BCUT2D eigenvalue weighted by Gasteiger charge is 2.23.